The summed E-state index contributed by atoms with van der Waals surface area (Å²) in [7, 11) is 0. The highest BCUT2D eigenvalue weighted by molar-refractivity contribution is 6.01. The molecule has 0 aromatic rings. The smallest absolute Gasteiger partial charge is 0.437 e. The summed E-state index contributed by atoms with van der Waals surface area (Å²) in [5, 5.41) is 0. The number of hydrogen-bond donors (Lipinski definition) is 0. The number of esters is 2. The van der Waals surface area contributed by atoms with Crippen LogP contribution in [0.3, 0.4) is 0 Å². The lowest BCUT2D eigenvalue weighted by Gasteiger charge is -2.17. The van der Waals surface area contributed by atoms with Crippen molar-refractivity contribution >= 4 is 11.9 Å². The van der Waals surface area contributed by atoms with Gasteiger partial charge in [0.2, 0.25) is 0 Å². The Hall–Kier alpha value is -1.20. The van der Waals surface area contributed by atoms with Gasteiger partial charge < -0.3 is 9.47 Å². The zero-order valence-corrected chi connectivity index (χ0v) is 9.04. The van der Waals surface area contributed by atoms with E-state index in [0.717, 1.165) is 0 Å². The first kappa shape index (κ1) is 13.8. The molecule has 0 aliphatic carbocycles. The molecule has 0 fully saturated rings. The Labute approximate surface area is 86.5 Å². The average molecular weight is 224 g/mol. The van der Waals surface area contributed by atoms with Gasteiger partial charge in [-0.3, -0.25) is 0 Å². The van der Waals surface area contributed by atoms with E-state index in [1.807, 2.05) is 0 Å². The van der Waals surface area contributed by atoms with Gasteiger partial charge in [0.25, 0.3) is 0 Å². The van der Waals surface area contributed by atoms with Crippen LogP contribution in [0, 0.1) is 0 Å². The van der Waals surface area contributed by atoms with E-state index in [1.54, 1.807) is 0 Å². The fourth-order valence-corrected chi connectivity index (χ4v) is 0.659. The molecule has 0 radical (unpaired) electrons. The van der Waals surface area contributed by atoms with Gasteiger partial charge in [0.15, 0.2) is 0 Å². The predicted octanol–water partition coefficient (Wildman–Crippen LogP) is 1.52. The Morgan fingerprint density at radius 3 is 1.40 bits per heavy atom. The number of ether oxygens (including phenoxy) is 2. The molecule has 88 valence electrons. The molecule has 0 bridgehead atoms. The Morgan fingerprint density at radius 1 is 0.933 bits per heavy atom. The molecular formula is C9H14F2O4. The number of carbonyl (C=O) groups excluding carboxylic acids is 2. The van der Waals surface area contributed by atoms with Crippen molar-refractivity contribution in [1.29, 1.82) is 0 Å². The van der Waals surface area contributed by atoms with E-state index >= 15 is 0 Å². The summed E-state index contributed by atoms with van der Waals surface area (Å²) in [4.78, 5) is 21.7. The fraction of sp³-hybridized carbons (Fsp3) is 0.778. The fourth-order valence-electron chi connectivity index (χ4n) is 0.659. The molecule has 0 saturated heterocycles. The van der Waals surface area contributed by atoms with Gasteiger partial charge in [-0.25, -0.2) is 9.59 Å². The molecule has 6 heteroatoms. The van der Waals surface area contributed by atoms with Crippen molar-refractivity contribution in [2.75, 3.05) is 0 Å². The summed E-state index contributed by atoms with van der Waals surface area (Å²) in [6.45, 7) is 5.62. The van der Waals surface area contributed by atoms with Crippen LogP contribution in [0.15, 0.2) is 0 Å². The summed E-state index contributed by atoms with van der Waals surface area (Å²) >= 11 is 0. The summed E-state index contributed by atoms with van der Waals surface area (Å²) in [6.07, 6.45) is -1.43. The number of carbonyl (C=O) groups is 2. The third-order valence-corrected chi connectivity index (χ3v) is 1.20. The van der Waals surface area contributed by atoms with E-state index in [9.17, 15) is 18.4 Å². The van der Waals surface area contributed by atoms with Gasteiger partial charge in [0, 0.05) is 0 Å². The van der Waals surface area contributed by atoms with Gasteiger partial charge in [0.05, 0.1) is 12.2 Å². The van der Waals surface area contributed by atoms with Gasteiger partial charge >= 0.3 is 17.9 Å². The topological polar surface area (TPSA) is 52.6 Å². The second-order valence-electron chi connectivity index (χ2n) is 3.48. The van der Waals surface area contributed by atoms with Crippen molar-refractivity contribution in [3.8, 4) is 0 Å². The summed E-state index contributed by atoms with van der Waals surface area (Å²) in [6, 6.07) is 0. The van der Waals surface area contributed by atoms with Crippen molar-refractivity contribution in [2.24, 2.45) is 0 Å². The molecular weight excluding hydrogens is 210 g/mol. The Balaban J connectivity index is 4.51. The first-order valence-corrected chi connectivity index (χ1v) is 4.48. The molecule has 0 aliphatic rings. The number of rotatable bonds is 4. The molecule has 4 nitrogen and oxygen atoms in total. The van der Waals surface area contributed by atoms with Crippen molar-refractivity contribution in [3.05, 3.63) is 0 Å². The SMILES string of the molecule is CC(C)OC(=O)C(F)(F)C(=O)OC(C)C. The van der Waals surface area contributed by atoms with Crippen LogP contribution < -0.4 is 0 Å². The monoisotopic (exact) mass is 224 g/mol. The first-order valence-electron chi connectivity index (χ1n) is 4.48. The average Bonchev–Trinajstić information content (AvgIpc) is 2.01. The minimum atomic E-state index is -4.24. The van der Waals surface area contributed by atoms with Gasteiger partial charge in [-0.1, -0.05) is 0 Å². The summed E-state index contributed by atoms with van der Waals surface area (Å²) in [5.41, 5.74) is 0. The lowest BCUT2D eigenvalue weighted by Crippen LogP contribution is -2.42. The molecule has 0 saturated carbocycles. The van der Waals surface area contributed by atoms with Crippen LogP contribution in [0.25, 0.3) is 0 Å². The first-order chi connectivity index (χ1) is 6.67. The Morgan fingerprint density at radius 2 is 1.20 bits per heavy atom. The second kappa shape index (κ2) is 5.04. The maximum atomic E-state index is 13.0. The van der Waals surface area contributed by atoms with Crippen LogP contribution in [0.1, 0.15) is 27.7 Å². The molecule has 0 unspecified atom stereocenters. The quantitative estimate of drug-likeness (QED) is 0.536. The van der Waals surface area contributed by atoms with E-state index in [2.05, 4.69) is 9.47 Å². The van der Waals surface area contributed by atoms with E-state index in [-0.39, 0.29) is 0 Å². The van der Waals surface area contributed by atoms with Crippen LogP contribution in [0.5, 0.6) is 0 Å². The van der Waals surface area contributed by atoms with Crippen molar-refractivity contribution in [2.45, 2.75) is 45.8 Å². The van der Waals surface area contributed by atoms with Gasteiger partial charge in [-0.05, 0) is 27.7 Å². The minimum absolute atomic E-state index is 0.713. The largest absolute Gasteiger partial charge is 0.458 e. The number of halogens is 2. The highest BCUT2D eigenvalue weighted by atomic mass is 19.3. The number of alkyl halides is 2. The molecule has 0 aliphatic heterocycles. The molecule has 15 heavy (non-hydrogen) atoms. The molecule has 0 rings (SSSR count). The van der Waals surface area contributed by atoms with E-state index in [1.165, 1.54) is 27.7 Å². The summed E-state index contributed by atoms with van der Waals surface area (Å²) < 4.78 is 34.4. The number of hydrogen-bond acceptors (Lipinski definition) is 4. The molecule has 0 amide bonds. The van der Waals surface area contributed by atoms with Crippen molar-refractivity contribution in [3.63, 3.8) is 0 Å². The Kier molecular flexibility index (Phi) is 4.64. The summed E-state index contributed by atoms with van der Waals surface area (Å²) in [5.74, 6) is -8.01. The van der Waals surface area contributed by atoms with Crippen LogP contribution in [0.4, 0.5) is 8.78 Å². The molecule has 0 N–H and O–H groups in total. The maximum absolute atomic E-state index is 13.0. The zero-order valence-electron chi connectivity index (χ0n) is 9.04. The van der Waals surface area contributed by atoms with E-state index in [4.69, 9.17) is 0 Å². The maximum Gasteiger partial charge on any atom is 0.437 e. The molecule has 0 spiro atoms. The normalized spacial score (nSPS) is 11.7. The van der Waals surface area contributed by atoms with Crippen LogP contribution in [0.2, 0.25) is 0 Å². The predicted molar refractivity (Wildman–Crippen MR) is 47.4 cm³/mol. The second-order valence-corrected chi connectivity index (χ2v) is 3.48. The lowest BCUT2D eigenvalue weighted by atomic mass is 10.3. The molecule has 0 aromatic heterocycles. The molecule has 0 atom stereocenters. The van der Waals surface area contributed by atoms with Crippen molar-refractivity contribution < 1.29 is 27.8 Å². The van der Waals surface area contributed by atoms with Crippen LogP contribution in [-0.4, -0.2) is 30.1 Å². The Bertz CT molecular complexity index is 224. The van der Waals surface area contributed by atoms with Gasteiger partial charge in [0.1, 0.15) is 0 Å². The third-order valence-electron chi connectivity index (χ3n) is 1.20. The third kappa shape index (κ3) is 4.22. The molecule has 0 heterocycles. The standard InChI is InChI=1S/C9H14F2O4/c1-5(2)14-7(12)9(10,11)8(13)15-6(3)4/h5-6H,1-4H3. The van der Waals surface area contributed by atoms with Crippen molar-refractivity contribution in [1.82, 2.24) is 0 Å². The van der Waals surface area contributed by atoms with E-state index < -0.39 is 30.1 Å². The van der Waals surface area contributed by atoms with E-state index in [0.29, 0.717) is 0 Å². The van der Waals surface area contributed by atoms with Gasteiger partial charge in [-0.2, -0.15) is 8.78 Å². The highest BCUT2D eigenvalue weighted by Gasteiger charge is 2.51. The van der Waals surface area contributed by atoms with Gasteiger partial charge in [-0.15, -0.1) is 0 Å². The lowest BCUT2D eigenvalue weighted by molar-refractivity contribution is -0.195. The zero-order chi connectivity index (χ0) is 12.2. The highest BCUT2D eigenvalue weighted by Crippen LogP contribution is 2.19. The molecule has 0 aromatic carbocycles. The minimum Gasteiger partial charge on any atom is -0.458 e. The van der Waals surface area contributed by atoms with Crippen LogP contribution in [-0.2, 0) is 19.1 Å². The van der Waals surface area contributed by atoms with Crippen LogP contribution >= 0.6 is 0 Å².